The van der Waals surface area contributed by atoms with Crippen molar-refractivity contribution in [3.05, 3.63) is 138 Å². The Morgan fingerprint density at radius 2 is 1.13 bits per heavy atom. The number of anilines is 2. The Bertz CT molecular complexity index is 3680. The fourth-order valence-corrected chi connectivity index (χ4v) is 15.2. The number of amides is 3. The van der Waals surface area contributed by atoms with Crippen LogP contribution in [-0.2, 0) is 47.0 Å². The summed E-state index contributed by atoms with van der Waals surface area (Å²) in [7, 11) is -4.06. The second kappa shape index (κ2) is 22.5. The molecule has 4 aromatic carbocycles. The number of halogens is 6. The van der Waals surface area contributed by atoms with Crippen molar-refractivity contribution in [2.24, 2.45) is 11.8 Å². The minimum absolute atomic E-state index is 0.148. The molecule has 2 N–H and O–H groups in total. The average molecular weight is 1240 g/mol. The first-order valence-corrected chi connectivity index (χ1v) is 30.5. The Balaban J connectivity index is 0.000000170. The number of aromatic carboxylic acids is 1. The summed E-state index contributed by atoms with van der Waals surface area (Å²) in [5, 5.41) is 18.6. The van der Waals surface area contributed by atoms with Gasteiger partial charge in [-0.05, 0) is 139 Å². The molecule has 13 rings (SSSR count). The van der Waals surface area contributed by atoms with Crippen LogP contribution in [0.5, 0.6) is 0 Å². The van der Waals surface area contributed by atoms with Crippen LogP contribution in [0.15, 0.2) is 81.8 Å². The van der Waals surface area contributed by atoms with Crippen LogP contribution < -0.4 is 14.5 Å². The highest BCUT2D eigenvalue weighted by Gasteiger charge is 2.54. The number of carboxylic acids is 1. The lowest BCUT2D eigenvalue weighted by Gasteiger charge is -2.35. The Hall–Kier alpha value is -5.97. The maximum atomic E-state index is 15.3. The van der Waals surface area contributed by atoms with Gasteiger partial charge in [-0.25, -0.2) is 26.7 Å². The van der Waals surface area contributed by atoms with Gasteiger partial charge in [-0.15, -0.1) is 0 Å². The maximum absolute atomic E-state index is 15.3. The number of hydrogen-bond acceptors (Lipinski definition) is 13. The SMILES string of the molecule is CC1(C)CC(S(=O)(=O)NC(=O)c2ccc(N3C(=O)[C@@H]4C[C@H]3C[C@H]4OCc3c(-c4c(Cl)cccc4Cl)noc3C3CC3)cc2F)CCO1.O=C(O)c1ccc(N2C(=O)[C@@H]3C[C@H]2C[C@H]3OCc2c(-c3c(Cl)cccc3Cl)noc2C2CC2)cc1F. The molecular formula is C59H55Cl4F2N5O12S. The molecule has 4 aliphatic carbocycles. The van der Waals surface area contributed by atoms with Gasteiger partial charge in [-0.1, -0.05) is 68.8 Å². The van der Waals surface area contributed by atoms with Crippen LogP contribution in [0, 0.1) is 23.5 Å². The van der Waals surface area contributed by atoms with Crippen molar-refractivity contribution in [1.82, 2.24) is 15.0 Å². The van der Waals surface area contributed by atoms with Crippen molar-refractivity contribution in [2.75, 3.05) is 16.4 Å². The second-order valence-corrected chi connectivity index (χ2v) is 26.5. The number of sulfonamides is 1. The van der Waals surface area contributed by atoms with E-state index in [2.05, 4.69) is 10.3 Å². The topological polar surface area (TPSA) is 221 Å². The second-order valence-electron chi connectivity index (χ2n) is 22.9. The third kappa shape index (κ3) is 11.2. The third-order valence-corrected chi connectivity index (χ3v) is 19.9. The number of piperidine rings is 2. The average Bonchev–Trinajstić information content (AvgIpc) is 3.66. The molecule has 436 valence electrons. The summed E-state index contributed by atoms with van der Waals surface area (Å²) in [6.45, 7) is 4.18. The molecule has 4 saturated carbocycles. The zero-order chi connectivity index (χ0) is 58.4. The van der Waals surface area contributed by atoms with E-state index in [1.54, 1.807) is 60.0 Å². The number of rotatable bonds is 16. The van der Waals surface area contributed by atoms with Gasteiger partial charge in [0.2, 0.25) is 21.8 Å². The van der Waals surface area contributed by atoms with Gasteiger partial charge in [-0.2, -0.15) is 0 Å². The zero-order valence-electron chi connectivity index (χ0n) is 44.7. The van der Waals surface area contributed by atoms with Crippen molar-refractivity contribution in [3.8, 4) is 22.5 Å². The van der Waals surface area contributed by atoms with E-state index < -0.39 is 61.4 Å². The van der Waals surface area contributed by atoms with E-state index >= 15 is 4.39 Å². The smallest absolute Gasteiger partial charge is 0.338 e. The zero-order valence-corrected chi connectivity index (χ0v) is 48.6. The number of fused-ring (bicyclic) bond motifs is 4. The fourth-order valence-electron chi connectivity index (χ4n) is 12.5. The van der Waals surface area contributed by atoms with Gasteiger partial charge < -0.3 is 38.2 Å². The lowest BCUT2D eigenvalue weighted by Crippen LogP contribution is -2.46. The molecule has 3 saturated heterocycles. The molecule has 24 heteroatoms. The molecule has 6 aromatic rings. The number of benzene rings is 4. The van der Waals surface area contributed by atoms with Gasteiger partial charge in [0.1, 0.15) is 34.5 Å². The molecule has 3 aliphatic heterocycles. The molecule has 4 bridgehead atoms. The first-order chi connectivity index (χ1) is 39.7. The standard InChI is InChI=1S/C33H34Cl2FN3O7S.C26H21Cl2FN2O5/c1-33(2)15-20(10-11-45-33)47(42,43)38-31(40)21-9-8-18(13-26(21)36)39-19-12-22(32(39)41)27(14-19)44-16-23-29(37-46-30(23)17-6-7-17)28-24(34)4-3-5-25(28)35;27-18-2-1-3-19(28)22(18)23-17(24(36-30-23)12-4-5-12)11-35-21-10-14-8-16(21)25(32)31(14)13-6-7-15(26(33)34)20(29)9-13/h3-5,8-9,13,17,19-20,22,27H,6-7,10-12,14-16H2,1-2H3,(H,38,40);1-3,6-7,9,12,14,16,21H,4-5,8,10-11H2,(H,33,34)/t19-,20?,22+,27+;14-,16+,21+/m00/s1. The van der Waals surface area contributed by atoms with E-state index in [-0.39, 0.29) is 86.5 Å². The van der Waals surface area contributed by atoms with Gasteiger partial charge in [-0.3, -0.25) is 14.4 Å². The molecule has 1 unspecified atom stereocenters. The number of nitrogens with zero attached hydrogens (tertiary/aromatic N) is 4. The molecular weight excluding hydrogens is 1180 g/mol. The molecule has 7 atom stereocenters. The largest absolute Gasteiger partial charge is 0.478 e. The number of nitrogens with one attached hydrogen (secondary N) is 1. The van der Waals surface area contributed by atoms with Crippen LogP contribution in [0.3, 0.4) is 0 Å². The normalized spacial score (nSPS) is 24.4. The van der Waals surface area contributed by atoms with E-state index in [1.165, 1.54) is 24.3 Å². The highest BCUT2D eigenvalue weighted by Crippen LogP contribution is 2.50. The summed E-state index contributed by atoms with van der Waals surface area (Å²) >= 11 is 25.8. The predicted octanol–water partition coefficient (Wildman–Crippen LogP) is 12.5. The summed E-state index contributed by atoms with van der Waals surface area (Å²) in [5.41, 5.74) is 2.99. The predicted molar refractivity (Wildman–Crippen MR) is 302 cm³/mol. The van der Waals surface area contributed by atoms with Gasteiger partial charge in [0.25, 0.3) is 5.91 Å². The lowest BCUT2D eigenvalue weighted by molar-refractivity contribution is -0.127. The fraction of sp³-hybridized carbons (Fsp3) is 0.424. The van der Waals surface area contributed by atoms with Crippen LogP contribution in [0.2, 0.25) is 20.1 Å². The number of carboxylic acid groups (broad SMARTS) is 1. The van der Waals surface area contributed by atoms with Crippen molar-refractivity contribution in [2.45, 2.75) is 138 Å². The number of carbonyl (C=O) groups is 4. The lowest BCUT2D eigenvalue weighted by atomic mass is 9.98. The van der Waals surface area contributed by atoms with Crippen molar-refractivity contribution >= 4 is 91.5 Å². The van der Waals surface area contributed by atoms with Gasteiger partial charge in [0, 0.05) is 64.2 Å². The Labute approximate surface area is 495 Å². The van der Waals surface area contributed by atoms with Crippen LogP contribution in [0.4, 0.5) is 20.2 Å². The summed E-state index contributed by atoms with van der Waals surface area (Å²) in [5.74, 6) is -3.29. The number of aromatic nitrogens is 2. The first-order valence-electron chi connectivity index (χ1n) is 27.4. The Kier molecular flexibility index (Phi) is 15.6. The molecule has 83 heavy (non-hydrogen) atoms. The quantitative estimate of drug-likeness (QED) is 0.0921. The summed E-state index contributed by atoms with van der Waals surface area (Å²) in [6.07, 6.45) is 6.01. The molecule has 7 aliphatic rings. The highest BCUT2D eigenvalue weighted by molar-refractivity contribution is 7.90. The van der Waals surface area contributed by atoms with Gasteiger partial charge >= 0.3 is 5.97 Å². The van der Waals surface area contributed by atoms with E-state index in [1.807, 2.05) is 4.72 Å². The first kappa shape index (κ1) is 57.5. The Morgan fingerprint density at radius 1 is 0.687 bits per heavy atom. The number of ether oxygens (including phenoxy) is 3. The summed E-state index contributed by atoms with van der Waals surface area (Å²) in [4.78, 5) is 53.8. The molecule has 5 heterocycles. The van der Waals surface area contributed by atoms with E-state index in [0.29, 0.717) is 79.7 Å². The molecule has 0 radical (unpaired) electrons. The minimum atomic E-state index is -4.06. The van der Waals surface area contributed by atoms with Gasteiger partial charge in [0.05, 0.1) is 79.3 Å². The van der Waals surface area contributed by atoms with Crippen LogP contribution in [-0.4, -0.2) is 89.3 Å². The van der Waals surface area contributed by atoms with Crippen molar-refractivity contribution in [3.63, 3.8) is 0 Å². The molecule has 17 nitrogen and oxygen atoms in total. The highest BCUT2D eigenvalue weighted by atomic mass is 35.5. The third-order valence-electron chi connectivity index (χ3n) is 16.9. The monoisotopic (exact) mass is 1240 g/mol. The molecule has 0 spiro atoms. The van der Waals surface area contributed by atoms with Crippen LogP contribution in [0.25, 0.3) is 22.5 Å². The van der Waals surface area contributed by atoms with Crippen LogP contribution >= 0.6 is 46.4 Å². The van der Waals surface area contributed by atoms with E-state index in [4.69, 9.17) is 74.8 Å². The molecule has 2 aromatic heterocycles. The number of carbonyl (C=O) groups excluding carboxylic acids is 3. The maximum Gasteiger partial charge on any atom is 0.338 e. The Morgan fingerprint density at radius 3 is 1.53 bits per heavy atom. The van der Waals surface area contributed by atoms with Crippen LogP contribution in [0.1, 0.15) is 133 Å². The van der Waals surface area contributed by atoms with Gasteiger partial charge in [0.15, 0.2) is 0 Å². The van der Waals surface area contributed by atoms with Crippen molar-refractivity contribution < 1.29 is 64.7 Å². The van der Waals surface area contributed by atoms with E-state index in [0.717, 1.165) is 60.5 Å². The molecule has 3 amide bonds. The van der Waals surface area contributed by atoms with E-state index in [9.17, 15) is 32.0 Å². The molecule has 7 fully saturated rings. The van der Waals surface area contributed by atoms with Crippen molar-refractivity contribution in [1.29, 1.82) is 0 Å². The number of hydrogen-bond donors (Lipinski definition) is 2. The summed E-state index contributed by atoms with van der Waals surface area (Å²) in [6, 6.07) is 17.7. The minimum Gasteiger partial charge on any atom is -0.478 e. The summed E-state index contributed by atoms with van der Waals surface area (Å²) < 4.78 is 87.0.